The highest BCUT2D eigenvalue weighted by molar-refractivity contribution is 6.31. The molecule has 2 rings (SSSR count). The molecule has 0 radical (unpaired) electrons. The number of aryl methyl sites for hydroxylation is 2. The number of rotatable bonds is 3. The highest BCUT2D eigenvalue weighted by Crippen LogP contribution is 2.24. The third-order valence-corrected chi connectivity index (χ3v) is 4.49. The molecule has 0 spiro atoms. The van der Waals surface area contributed by atoms with Gasteiger partial charge in [-0.25, -0.2) is 0 Å². The van der Waals surface area contributed by atoms with Crippen molar-refractivity contribution in [3.8, 4) is 0 Å². The minimum absolute atomic E-state index is 0.691. The van der Waals surface area contributed by atoms with Crippen molar-refractivity contribution in [2.24, 2.45) is 13.0 Å². The summed E-state index contributed by atoms with van der Waals surface area (Å²) in [6.07, 6.45) is 2.38. The fourth-order valence-corrected chi connectivity index (χ4v) is 2.89. The first-order chi connectivity index (χ1) is 8.11. The summed E-state index contributed by atoms with van der Waals surface area (Å²) in [5.41, 5.74) is 2.04. The summed E-state index contributed by atoms with van der Waals surface area (Å²) >= 11 is 12.1. The molecule has 0 unspecified atom stereocenters. The molecule has 5 heteroatoms. The van der Waals surface area contributed by atoms with Crippen molar-refractivity contribution >= 4 is 23.2 Å². The molecule has 0 atom stereocenters. The van der Waals surface area contributed by atoms with Gasteiger partial charge in [0, 0.05) is 19.5 Å². The lowest BCUT2D eigenvalue weighted by Crippen LogP contribution is -2.34. The summed E-state index contributed by atoms with van der Waals surface area (Å²) in [4.78, 5) is 2.44. The maximum absolute atomic E-state index is 6.26. The van der Waals surface area contributed by atoms with E-state index in [1.165, 1.54) is 12.8 Å². The van der Waals surface area contributed by atoms with E-state index >= 15 is 0 Å². The Bertz CT molecular complexity index is 381. The third kappa shape index (κ3) is 2.95. The van der Waals surface area contributed by atoms with Crippen LogP contribution in [0, 0.1) is 12.8 Å². The van der Waals surface area contributed by atoms with Crippen molar-refractivity contribution < 1.29 is 0 Å². The van der Waals surface area contributed by atoms with Gasteiger partial charge in [0.15, 0.2) is 0 Å². The van der Waals surface area contributed by atoms with Gasteiger partial charge in [0.05, 0.1) is 16.4 Å². The predicted octanol–water partition coefficient (Wildman–Crippen LogP) is 2.83. The molecule has 2 heterocycles. The number of halogens is 2. The number of piperidine rings is 1. The quantitative estimate of drug-likeness (QED) is 0.791. The minimum atomic E-state index is 0.691. The van der Waals surface area contributed by atoms with Crippen molar-refractivity contribution in [3.05, 3.63) is 16.4 Å². The van der Waals surface area contributed by atoms with E-state index in [2.05, 4.69) is 10.00 Å². The molecule has 1 aliphatic rings. The lowest BCUT2D eigenvalue weighted by Gasteiger charge is -2.30. The maximum Gasteiger partial charge on any atom is 0.0860 e. The van der Waals surface area contributed by atoms with Crippen molar-refractivity contribution in [3.63, 3.8) is 0 Å². The Kier molecular flexibility index (Phi) is 4.34. The first-order valence-electron chi connectivity index (χ1n) is 6.08. The zero-order chi connectivity index (χ0) is 12.4. The Morgan fingerprint density at radius 1 is 1.35 bits per heavy atom. The molecule has 1 aromatic rings. The van der Waals surface area contributed by atoms with Gasteiger partial charge in [0.25, 0.3) is 0 Å². The van der Waals surface area contributed by atoms with Gasteiger partial charge < -0.3 is 0 Å². The minimum Gasteiger partial charge on any atom is -0.297 e. The van der Waals surface area contributed by atoms with E-state index in [-0.39, 0.29) is 0 Å². The number of likely N-dealkylation sites (tertiary alicyclic amines) is 1. The first-order valence-corrected chi connectivity index (χ1v) is 6.99. The standard InChI is InChI=1S/C12H19Cl2N3/c1-9-12(14)11(16(2)15-9)8-17-5-3-10(7-13)4-6-17/h10H,3-8H2,1-2H3. The average molecular weight is 276 g/mol. The number of nitrogens with zero attached hydrogens (tertiary/aromatic N) is 3. The van der Waals surface area contributed by atoms with Gasteiger partial charge in [0.1, 0.15) is 0 Å². The molecule has 0 saturated carbocycles. The van der Waals surface area contributed by atoms with Crippen LogP contribution in [0.1, 0.15) is 24.2 Å². The molecule has 17 heavy (non-hydrogen) atoms. The molecular formula is C12H19Cl2N3. The zero-order valence-corrected chi connectivity index (χ0v) is 11.9. The van der Waals surface area contributed by atoms with Crippen LogP contribution in [0.5, 0.6) is 0 Å². The number of aromatic nitrogens is 2. The van der Waals surface area contributed by atoms with Crippen LogP contribution in [0.2, 0.25) is 5.02 Å². The molecule has 0 N–H and O–H groups in total. The van der Waals surface area contributed by atoms with Crippen LogP contribution in [0.25, 0.3) is 0 Å². The second kappa shape index (κ2) is 5.59. The van der Waals surface area contributed by atoms with E-state index in [9.17, 15) is 0 Å². The SMILES string of the molecule is Cc1nn(C)c(CN2CCC(CCl)CC2)c1Cl. The number of alkyl halides is 1. The molecule has 1 aliphatic heterocycles. The summed E-state index contributed by atoms with van der Waals surface area (Å²) in [7, 11) is 1.96. The van der Waals surface area contributed by atoms with Crippen LogP contribution in [0.4, 0.5) is 0 Å². The second-order valence-electron chi connectivity index (χ2n) is 4.84. The summed E-state index contributed by atoms with van der Waals surface area (Å²) in [5, 5.41) is 5.16. The molecule has 0 aromatic carbocycles. The Morgan fingerprint density at radius 2 is 2.00 bits per heavy atom. The highest BCUT2D eigenvalue weighted by atomic mass is 35.5. The smallest absolute Gasteiger partial charge is 0.0860 e. The Morgan fingerprint density at radius 3 is 2.47 bits per heavy atom. The summed E-state index contributed by atoms with van der Waals surface area (Å²) in [6.45, 7) is 5.06. The molecule has 3 nitrogen and oxygen atoms in total. The highest BCUT2D eigenvalue weighted by Gasteiger charge is 2.21. The maximum atomic E-state index is 6.26. The Labute approximate surface area is 113 Å². The topological polar surface area (TPSA) is 21.1 Å². The van der Waals surface area contributed by atoms with E-state index in [4.69, 9.17) is 23.2 Å². The van der Waals surface area contributed by atoms with Gasteiger partial charge >= 0.3 is 0 Å². The fraction of sp³-hybridized carbons (Fsp3) is 0.750. The molecule has 0 amide bonds. The van der Waals surface area contributed by atoms with Crippen molar-refractivity contribution in [2.45, 2.75) is 26.3 Å². The lowest BCUT2D eigenvalue weighted by molar-refractivity contribution is 0.182. The number of hydrogen-bond donors (Lipinski definition) is 0. The van der Waals surface area contributed by atoms with E-state index < -0.39 is 0 Å². The van der Waals surface area contributed by atoms with Gasteiger partial charge in [0.2, 0.25) is 0 Å². The zero-order valence-electron chi connectivity index (χ0n) is 10.4. The molecule has 0 aliphatic carbocycles. The fourth-order valence-electron chi connectivity index (χ4n) is 2.36. The second-order valence-corrected chi connectivity index (χ2v) is 5.53. The van der Waals surface area contributed by atoms with Crippen molar-refractivity contribution in [2.75, 3.05) is 19.0 Å². The predicted molar refractivity (Wildman–Crippen MR) is 71.7 cm³/mol. The van der Waals surface area contributed by atoms with Gasteiger partial charge in [-0.05, 0) is 38.8 Å². The molecule has 1 aromatic heterocycles. The summed E-state index contributed by atoms with van der Waals surface area (Å²) < 4.78 is 1.89. The molecule has 1 saturated heterocycles. The first kappa shape index (κ1) is 13.2. The van der Waals surface area contributed by atoms with Crippen molar-refractivity contribution in [1.29, 1.82) is 0 Å². The van der Waals surface area contributed by atoms with E-state index in [1.54, 1.807) is 0 Å². The van der Waals surface area contributed by atoms with Gasteiger partial charge in [-0.2, -0.15) is 5.10 Å². The van der Waals surface area contributed by atoms with Gasteiger partial charge in [-0.1, -0.05) is 11.6 Å². The van der Waals surface area contributed by atoms with Crippen LogP contribution >= 0.6 is 23.2 Å². The van der Waals surface area contributed by atoms with E-state index in [1.807, 2.05) is 18.7 Å². The van der Waals surface area contributed by atoms with Crippen LogP contribution in [-0.2, 0) is 13.6 Å². The Hall–Kier alpha value is -0.250. The summed E-state index contributed by atoms with van der Waals surface area (Å²) in [6, 6.07) is 0. The van der Waals surface area contributed by atoms with E-state index in [0.717, 1.165) is 41.9 Å². The third-order valence-electron chi connectivity index (χ3n) is 3.56. The molecule has 96 valence electrons. The molecular weight excluding hydrogens is 257 g/mol. The monoisotopic (exact) mass is 275 g/mol. The van der Waals surface area contributed by atoms with Crippen LogP contribution in [0.15, 0.2) is 0 Å². The van der Waals surface area contributed by atoms with Gasteiger partial charge in [-0.15, -0.1) is 11.6 Å². The number of hydrogen-bond acceptors (Lipinski definition) is 2. The summed E-state index contributed by atoms with van der Waals surface area (Å²) in [5.74, 6) is 1.48. The molecule has 0 bridgehead atoms. The molecule has 1 fully saturated rings. The average Bonchev–Trinajstić information content (AvgIpc) is 2.57. The van der Waals surface area contributed by atoms with Crippen LogP contribution in [0.3, 0.4) is 0 Å². The largest absolute Gasteiger partial charge is 0.297 e. The van der Waals surface area contributed by atoms with Gasteiger partial charge in [-0.3, -0.25) is 9.58 Å². The van der Waals surface area contributed by atoms with Crippen LogP contribution in [-0.4, -0.2) is 33.6 Å². The lowest BCUT2D eigenvalue weighted by atomic mass is 9.99. The van der Waals surface area contributed by atoms with Crippen LogP contribution < -0.4 is 0 Å². The van der Waals surface area contributed by atoms with E-state index in [0.29, 0.717) is 5.92 Å². The van der Waals surface area contributed by atoms with Crippen molar-refractivity contribution in [1.82, 2.24) is 14.7 Å². The Balaban J connectivity index is 1.98. The normalized spacial score (nSPS) is 18.8.